The first-order chi connectivity index (χ1) is 10.0. The van der Waals surface area contributed by atoms with Crippen LogP contribution in [0.4, 0.5) is 5.69 Å². The SMILES string of the molecule is CC1CCCN(S(=O)(=O)c2cccc3c2CCCN3)C1C. The number of anilines is 1. The Morgan fingerprint density at radius 3 is 2.86 bits per heavy atom. The van der Waals surface area contributed by atoms with E-state index in [-0.39, 0.29) is 6.04 Å². The summed E-state index contributed by atoms with van der Waals surface area (Å²) in [6.45, 7) is 5.75. The van der Waals surface area contributed by atoms with Crippen LogP contribution in [0.15, 0.2) is 23.1 Å². The molecule has 2 atom stereocenters. The number of rotatable bonds is 2. The second-order valence-electron chi connectivity index (χ2n) is 6.29. The third kappa shape index (κ3) is 2.57. The van der Waals surface area contributed by atoms with Crippen LogP contribution in [-0.4, -0.2) is 31.9 Å². The monoisotopic (exact) mass is 308 g/mol. The molecule has 0 saturated carbocycles. The van der Waals surface area contributed by atoms with E-state index in [2.05, 4.69) is 12.2 Å². The van der Waals surface area contributed by atoms with E-state index in [1.54, 1.807) is 10.4 Å². The first-order valence-corrected chi connectivity index (χ1v) is 9.33. The third-order valence-corrected chi connectivity index (χ3v) is 7.03. The highest BCUT2D eigenvalue weighted by atomic mass is 32.2. The average molecular weight is 308 g/mol. The van der Waals surface area contributed by atoms with Crippen LogP contribution in [0.5, 0.6) is 0 Å². The summed E-state index contributed by atoms with van der Waals surface area (Å²) in [5, 5.41) is 3.32. The quantitative estimate of drug-likeness (QED) is 0.914. The summed E-state index contributed by atoms with van der Waals surface area (Å²) < 4.78 is 27.9. The van der Waals surface area contributed by atoms with Crippen LogP contribution < -0.4 is 5.32 Å². The van der Waals surface area contributed by atoms with E-state index < -0.39 is 10.0 Å². The molecule has 1 fully saturated rings. The van der Waals surface area contributed by atoms with Crippen LogP contribution in [0.3, 0.4) is 0 Å². The summed E-state index contributed by atoms with van der Waals surface area (Å²) in [7, 11) is -3.39. The molecule has 2 aliphatic rings. The van der Waals surface area contributed by atoms with Gasteiger partial charge >= 0.3 is 0 Å². The fraction of sp³-hybridized carbons (Fsp3) is 0.625. The van der Waals surface area contributed by atoms with Crippen molar-refractivity contribution in [1.82, 2.24) is 4.31 Å². The fourth-order valence-electron chi connectivity index (χ4n) is 3.48. The van der Waals surface area contributed by atoms with E-state index in [0.717, 1.165) is 43.5 Å². The molecular weight excluding hydrogens is 284 g/mol. The van der Waals surface area contributed by atoms with Crippen molar-refractivity contribution in [2.24, 2.45) is 5.92 Å². The molecule has 0 radical (unpaired) electrons. The van der Waals surface area contributed by atoms with Gasteiger partial charge in [-0.25, -0.2) is 8.42 Å². The number of hydrogen-bond acceptors (Lipinski definition) is 3. The highest BCUT2D eigenvalue weighted by Gasteiger charge is 2.36. The third-order valence-electron chi connectivity index (χ3n) is 4.95. The molecule has 0 amide bonds. The topological polar surface area (TPSA) is 49.4 Å². The molecule has 21 heavy (non-hydrogen) atoms. The maximum atomic E-state index is 13.1. The maximum absolute atomic E-state index is 13.1. The molecule has 1 aromatic carbocycles. The smallest absolute Gasteiger partial charge is 0.243 e. The second kappa shape index (κ2) is 5.61. The van der Waals surface area contributed by atoms with Crippen molar-refractivity contribution >= 4 is 15.7 Å². The lowest BCUT2D eigenvalue weighted by molar-refractivity contribution is 0.202. The number of nitrogens with zero attached hydrogens (tertiary/aromatic N) is 1. The predicted octanol–water partition coefficient (Wildman–Crippen LogP) is 2.85. The Morgan fingerprint density at radius 2 is 2.05 bits per heavy atom. The van der Waals surface area contributed by atoms with Gasteiger partial charge in [-0.05, 0) is 56.2 Å². The molecule has 2 aliphatic heterocycles. The number of piperidine rings is 1. The second-order valence-corrected chi connectivity index (χ2v) is 8.15. The zero-order valence-corrected chi connectivity index (χ0v) is 13.6. The number of nitrogens with one attached hydrogen (secondary N) is 1. The Balaban J connectivity index is 2.02. The molecular formula is C16H24N2O2S. The Morgan fingerprint density at radius 1 is 1.24 bits per heavy atom. The zero-order chi connectivity index (χ0) is 15.0. The number of sulfonamides is 1. The summed E-state index contributed by atoms with van der Waals surface area (Å²) in [4.78, 5) is 0.508. The minimum atomic E-state index is -3.39. The number of benzene rings is 1. The summed E-state index contributed by atoms with van der Waals surface area (Å²) in [6.07, 6.45) is 3.90. The predicted molar refractivity (Wildman–Crippen MR) is 85.0 cm³/mol. The van der Waals surface area contributed by atoms with E-state index >= 15 is 0 Å². The minimum absolute atomic E-state index is 0.0798. The van der Waals surface area contributed by atoms with Gasteiger partial charge in [0.1, 0.15) is 0 Å². The Hall–Kier alpha value is -1.07. The van der Waals surface area contributed by atoms with Crippen molar-refractivity contribution in [3.8, 4) is 0 Å². The Kier molecular flexibility index (Phi) is 3.97. The van der Waals surface area contributed by atoms with Gasteiger partial charge in [-0.2, -0.15) is 4.31 Å². The van der Waals surface area contributed by atoms with Crippen LogP contribution in [-0.2, 0) is 16.4 Å². The lowest BCUT2D eigenvalue weighted by Gasteiger charge is -2.37. The van der Waals surface area contributed by atoms with Gasteiger partial charge in [0, 0.05) is 24.8 Å². The lowest BCUT2D eigenvalue weighted by Crippen LogP contribution is -2.46. The average Bonchev–Trinajstić information content (AvgIpc) is 2.49. The molecule has 1 saturated heterocycles. The van der Waals surface area contributed by atoms with Crippen molar-refractivity contribution in [2.75, 3.05) is 18.4 Å². The van der Waals surface area contributed by atoms with Crippen LogP contribution in [0.1, 0.15) is 38.7 Å². The van der Waals surface area contributed by atoms with Gasteiger partial charge in [0.05, 0.1) is 4.90 Å². The molecule has 5 heteroatoms. The van der Waals surface area contributed by atoms with Gasteiger partial charge < -0.3 is 5.32 Å². The van der Waals surface area contributed by atoms with Gasteiger partial charge in [0.25, 0.3) is 0 Å². The summed E-state index contributed by atoms with van der Waals surface area (Å²) in [5.41, 5.74) is 1.95. The minimum Gasteiger partial charge on any atom is -0.385 e. The summed E-state index contributed by atoms with van der Waals surface area (Å²) >= 11 is 0. The normalized spacial score (nSPS) is 27.0. The van der Waals surface area contributed by atoms with Crippen LogP contribution in [0.2, 0.25) is 0 Å². The zero-order valence-electron chi connectivity index (χ0n) is 12.8. The molecule has 1 aromatic rings. The van der Waals surface area contributed by atoms with Crippen molar-refractivity contribution in [3.63, 3.8) is 0 Å². The van der Waals surface area contributed by atoms with E-state index in [9.17, 15) is 8.42 Å². The molecule has 0 aliphatic carbocycles. The molecule has 0 spiro atoms. The largest absolute Gasteiger partial charge is 0.385 e. The van der Waals surface area contributed by atoms with Gasteiger partial charge in [-0.3, -0.25) is 0 Å². The highest BCUT2D eigenvalue weighted by molar-refractivity contribution is 7.89. The highest BCUT2D eigenvalue weighted by Crippen LogP contribution is 2.34. The molecule has 3 rings (SSSR count). The molecule has 2 unspecified atom stereocenters. The van der Waals surface area contributed by atoms with Crippen LogP contribution in [0, 0.1) is 5.92 Å². The maximum Gasteiger partial charge on any atom is 0.243 e. The van der Waals surface area contributed by atoms with Crippen LogP contribution >= 0.6 is 0 Å². The molecule has 4 nitrogen and oxygen atoms in total. The standard InChI is InChI=1S/C16H24N2O2S/c1-12-6-5-11-18(13(12)2)21(19,20)16-9-3-8-15-14(16)7-4-10-17-15/h3,8-9,12-13,17H,4-7,10-11H2,1-2H3. The Bertz CT molecular complexity index is 627. The van der Waals surface area contributed by atoms with Gasteiger partial charge in [-0.15, -0.1) is 0 Å². The summed E-state index contributed by atoms with van der Waals surface area (Å²) in [6, 6.07) is 5.68. The van der Waals surface area contributed by atoms with Gasteiger partial charge in [0.2, 0.25) is 10.0 Å². The molecule has 0 aromatic heterocycles. The van der Waals surface area contributed by atoms with Crippen LogP contribution in [0.25, 0.3) is 0 Å². The summed E-state index contributed by atoms with van der Waals surface area (Å²) in [5.74, 6) is 0.422. The lowest BCUT2D eigenvalue weighted by atomic mass is 9.94. The molecule has 0 bridgehead atoms. The fourth-order valence-corrected chi connectivity index (χ4v) is 5.52. The van der Waals surface area contributed by atoms with E-state index in [4.69, 9.17) is 0 Å². The Labute approximate surface area is 127 Å². The van der Waals surface area contributed by atoms with Gasteiger partial charge in [0.15, 0.2) is 0 Å². The van der Waals surface area contributed by atoms with E-state index in [0.29, 0.717) is 17.4 Å². The van der Waals surface area contributed by atoms with Crippen molar-refractivity contribution in [3.05, 3.63) is 23.8 Å². The first kappa shape index (κ1) is 14.9. The molecule has 116 valence electrons. The number of fused-ring (bicyclic) bond motifs is 1. The van der Waals surface area contributed by atoms with Crippen molar-refractivity contribution < 1.29 is 8.42 Å². The van der Waals surface area contributed by atoms with E-state index in [1.165, 1.54) is 0 Å². The number of hydrogen-bond donors (Lipinski definition) is 1. The first-order valence-electron chi connectivity index (χ1n) is 7.89. The van der Waals surface area contributed by atoms with Crippen molar-refractivity contribution in [2.45, 2.75) is 50.5 Å². The van der Waals surface area contributed by atoms with Gasteiger partial charge in [-0.1, -0.05) is 13.0 Å². The molecule has 2 heterocycles. The molecule has 1 N–H and O–H groups in total. The van der Waals surface area contributed by atoms with E-state index in [1.807, 2.05) is 19.1 Å². The van der Waals surface area contributed by atoms with Crippen molar-refractivity contribution in [1.29, 1.82) is 0 Å².